The average molecular weight is 384 g/mol. The van der Waals surface area contributed by atoms with Gasteiger partial charge in [-0.2, -0.15) is 0 Å². The minimum absolute atomic E-state index is 0.121. The number of aliphatic hydroxyl groups is 1. The first-order valence-electron chi connectivity index (χ1n) is 8.14. The topological polar surface area (TPSA) is 214 Å². The fourth-order valence-electron chi connectivity index (χ4n) is 2.20. The Bertz CT molecular complexity index is 662. The number of aromatic nitrogens is 2. The van der Waals surface area contributed by atoms with Gasteiger partial charge in [0.1, 0.15) is 12.1 Å². The van der Waals surface area contributed by atoms with Gasteiger partial charge in [0.05, 0.1) is 18.5 Å². The Kier molecular flexibility index (Phi) is 8.35. The lowest BCUT2D eigenvalue weighted by Gasteiger charge is -2.24. The van der Waals surface area contributed by atoms with Crippen molar-refractivity contribution in [2.75, 3.05) is 0 Å². The lowest BCUT2D eigenvalue weighted by molar-refractivity contribution is -0.143. The number of aromatic amines is 1. The summed E-state index contributed by atoms with van der Waals surface area (Å²) in [5, 5.41) is 23.4. The molecule has 9 N–H and O–H groups in total. The molecule has 12 nitrogen and oxygen atoms in total. The molecule has 4 atom stereocenters. The van der Waals surface area contributed by atoms with Crippen molar-refractivity contribution in [3.8, 4) is 0 Å². The van der Waals surface area contributed by atoms with E-state index < -0.39 is 47.9 Å². The van der Waals surface area contributed by atoms with E-state index in [1.54, 1.807) is 0 Å². The van der Waals surface area contributed by atoms with Crippen LogP contribution in [0.4, 0.5) is 0 Å². The number of nitrogens with two attached hydrogens (primary N) is 2. The summed E-state index contributed by atoms with van der Waals surface area (Å²) in [4.78, 5) is 53.1. The van der Waals surface area contributed by atoms with E-state index in [2.05, 4.69) is 20.6 Å². The SMILES string of the molecule is CC(O)C(NC(=O)C(N)Cc1cnc[nH]1)C(=O)NC(CCC(N)=O)C(=O)O. The van der Waals surface area contributed by atoms with Crippen LogP contribution in [0.3, 0.4) is 0 Å². The molecule has 0 bridgehead atoms. The van der Waals surface area contributed by atoms with E-state index >= 15 is 0 Å². The number of primary amides is 1. The number of H-pyrrole nitrogens is 1. The van der Waals surface area contributed by atoms with Crippen LogP contribution in [0.2, 0.25) is 0 Å². The maximum absolute atomic E-state index is 12.3. The van der Waals surface area contributed by atoms with Crippen LogP contribution < -0.4 is 22.1 Å². The lowest BCUT2D eigenvalue weighted by Crippen LogP contribution is -2.58. The summed E-state index contributed by atoms with van der Waals surface area (Å²) in [6, 6.07) is -3.85. The van der Waals surface area contributed by atoms with Crippen molar-refractivity contribution >= 4 is 23.7 Å². The van der Waals surface area contributed by atoms with Gasteiger partial charge in [-0.1, -0.05) is 0 Å². The third-order valence-corrected chi connectivity index (χ3v) is 3.69. The highest BCUT2D eigenvalue weighted by Crippen LogP contribution is 2.02. The van der Waals surface area contributed by atoms with E-state index in [9.17, 15) is 24.3 Å². The molecule has 0 saturated carbocycles. The van der Waals surface area contributed by atoms with Gasteiger partial charge in [-0.25, -0.2) is 9.78 Å². The Morgan fingerprint density at radius 3 is 2.41 bits per heavy atom. The Hall–Kier alpha value is -2.99. The minimum Gasteiger partial charge on any atom is -0.480 e. The summed E-state index contributed by atoms with van der Waals surface area (Å²) < 4.78 is 0. The van der Waals surface area contributed by atoms with Gasteiger partial charge in [0.2, 0.25) is 17.7 Å². The number of hydrogen-bond donors (Lipinski definition) is 7. The number of rotatable bonds is 11. The standard InChI is InChI=1S/C15H24N6O6/c1-7(22)12(14(25)20-10(15(26)27)2-3-11(17)23)21-13(24)9(16)4-8-5-18-6-19-8/h5-7,9-10,12,22H,2-4,16H2,1H3,(H2,17,23)(H,18,19)(H,20,25)(H,21,24)(H,26,27). The first-order chi connectivity index (χ1) is 12.6. The molecule has 1 aromatic rings. The Morgan fingerprint density at radius 2 is 1.93 bits per heavy atom. The quantitative estimate of drug-likeness (QED) is 0.208. The summed E-state index contributed by atoms with van der Waals surface area (Å²) in [5.41, 5.74) is 11.3. The normalized spacial score (nSPS) is 15.2. The van der Waals surface area contributed by atoms with Crippen LogP contribution in [-0.4, -0.2) is 68.1 Å². The van der Waals surface area contributed by atoms with E-state index in [-0.39, 0.29) is 19.3 Å². The fourth-order valence-corrected chi connectivity index (χ4v) is 2.20. The van der Waals surface area contributed by atoms with E-state index in [1.807, 2.05) is 0 Å². The summed E-state index contributed by atoms with van der Waals surface area (Å²) in [7, 11) is 0. The number of aliphatic carboxylic acids is 1. The molecule has 0 aliphatic rings. The van der Waals surface area contributed by atoms with Crippen molar-refractivity contribution in [3.05, 3.63) is 18.2 Å². The number of carbonyl (C=O) groups is 4. The molecule has 0 aliphatic carbocycles. The van der Waals surface area contributed by atoms with E-state index in [4.69, 9.17) is 16.6 Å². The van der Waals surface area contributed by atoms with Crippen molar-refractivity contribution in [3.63, 3.8) is 0 Å². The predicted octanol–water partition coefficient (Wildman–Crippen LogP) is -3.02. The molecular weight excluding hydrogens is 360 g/mol. The highest BCUT2D eigenvalue weighted by molar-refractivity contribution is 5.92. The molecule has 1 rings (SSSR count). The highest BCUT2D eigenvalue weighted by Gasteiger charge is 2.31. The summed E-state index contributed by atoms with van der Waals surface area (Å²) in [6.45, 7) is 1.25. The summed E-state index contributed by atoms with van der Waals surface area (Å²) in [5.74, 6) is -3.74. The van der Waals surface area contributed by atoms with Gasteiger partial charge < -0.3 is 37.3 Å². The van der Waals surface area contributed by atoms with Gasteiger partial charge >= 0.3 is 5.97 Å². The molecule has 0 radical (unpaired) electrons. The van der Waals surface area contributed by atoms with Crippen LogP contribution in [0.5, 0.6) is 0 Å². The first kappa shape index (κ1) is 22.1. The Morgan fingerprint density at radius 1 is 1.26 bits per heavy atom. The monoisotopic (exact) mass is 384 g/mol. The molecule has 0 aliphatic heterocycles. The summed E-state index contributed by atoms with van der Waals surface area (Å²) >= 11 is 0. The zero-order valence-electron chi connectivity index (χ0n) is 14.7. The number of amides is 3. The molecule has 3 amide bonds. The van der Waals surface area contributed by atoms with Crippen LogP contribution >= 0.6 is 0 Å². The zero-order chi connectivity index (χ0) is 20.6. The molecule has 0 saturated heterocycles. The van der Waals surface area contributed by atoms with Crippen LogP contribution in [0, 0.1) is 0 Å². The van der Waals surface area contributed by atoms with Gasteiger partial charge in [-0.15, -0.1) is 0 Å². The molecule has 1 heterocycles. The molecular formula is C15H24N6O6. The number of aliphatic hydroxyl groups excluding tert-OH is 1. The molecule has 0 spiro atoms. The van der Waals surface area contributed by atoms with Crippen LogP contribution in [0.15, 0.2) is 12.5 Å². The summed E-state index contributed by atoms with van der Waals surface area (Å²) in [6.07, 6.45) is 1.23. The number of hydrogen-bond acceptors (Lipinski definition) is 7. The van der Waals surface area contributed by atoms with Crippen LogP contribution in [0.25, 0.3) is 0 Å². The van der Waals surface area contributed by atoms with Crippen molar-refractivity contribution in [1.29, 1.82) is 0 Å². The second-order valence-corrected chi connectivity index (χ2v) is 6.02. The van der Waals surface area contributed by atoms with Gasteiger partial charge in [0.15, 0.2) is 0 Å². The van der Waals surface area contributed by atoms with E-state index in [0.717, 1.165) is 0 Å². The average Bonchev–Trinajstić information content (AvgIpc) is 3.07. The van der Waals surface area contributed by atoms with Crippen molar-refractivity contribution in [1.82, 2.24) is 20.6 Å². The number of nitrogens with zero attached hydrogens (tertiary/aromatic N) is 1. The number of nitrogens with one attached hydrogen (secondary N) is 3. The highest BCUT2D eigenvalue weighted by atomic mass is 16.4. The largest absolute Gasteiger partial charge is 0.480 e. The molecule has 0 fully saturated rings. The lowest BCUT2D eigenvalue weighted by atomic mass is 10.1. The predicted molar refractivity (Wildman–Crippen MR) is 91.9 cm³/mol. The van der Waals surface area contributed by atoms with Crippen molar-refractivity contribution in [2.45, 2.75) is 50.4 Å². The van der Waals surface area contributed by atoms with E-state index in [1.165, 1.54) is 19.4 Å². The van der Waals surface area contributed by atoms with Gasteiger partial charge in [-0.3, -0.25) is 14.4 Å². The van der Waals surface area contributed by atoms with Gasteiger partial charge in [0.25, 0.3) is 0 Å². The molecule has 12 heteroatoms. The number of carbonyl (C=O) groups excluding carboxylic acids is 3. The zero-order valence-corrected chi connectivity index (χ0v) is 14.7. The molecule has 27 heavy (non-hydrogen) atoms. The Balaban J connectivity index is 2.71. The maximum atomic E-state index is 12.3. The fraction of sp³-hybridized carbons (Fsp3) is 0.533. The van der Waals surface area contributed by atoms with Crippen molar-refractivity contribution < 1.29 is 29.4 Å². The molecule has 1 aromatic heterocycles. The minimum atomic E-state index is -1.43. The molecule has 0 aromatic carbocycles. The number of carboxylic acids is 1. The third kappa shape index (κ3) is 7.42. The maximum Gasteiger partial charge on any atom is 0.326 e. The first-order valence-corrected chi connectivity index (χ1v) is 8.14. The second-order valence-electron chi connectivity index (χ2n) is 6.02. The number of carboxylic acid groups (broad SMARTS) is 1. The smallest absolute Gasteiger partial charge is 0.326 e. The van der Waals surface area contributed by atoms with Crippen molar-refractivity contribution in [2.24, 2.45) is 11.5 Å². The third-order valence-electron chi connectivity index (χ3n) is 3.69. The van der Waals surface area contributed by atoms with Crippen LogP contribution in [-0.2, 0) is 25.6 Å². The van der Waals surface area contributed by atoms with Crippen LogP contribution in [0.1, 0.15) is 25.5 Å². The molecule has 4 unspecified atom stereocenters. The number of imidazole rings is 1. The van der Waals surface area contributed by atoms with E-state index in [0.29, 0.717) is 5.69 Å². The second kappa shape index (κ2) is 10.2. The van der Waals surface area contributed by atoms with Gasteiger partial charge in [-0.05, 0) is 13.3 Å². The molecule has 150 valence electrons. The Labute approximate surface area is 154 Å². The van der Waals surface area contributed by atoms with Gasteiger partial charge in [0, 0.05) is 24.7 Å².